The van der Waals surface area contributed by atoms with E-state index in [1.165, 1.54) is 0 Å². The van der Waals surface area contributed by atoms with Crippen molar-refractivity contribution >= 4 is 57.7 Å². The molecule has 5 rings (SSSR count). The number of benzene rings is 1. The Kier molecular flexibility index (Phi) is 6.77. The van der Waals surface area contributed by atoms with Crippen LogP contribution in [0.5, 0.6) is 0 Å². The number of rotatable bonds is 6. The van der Waals surface area contributed by atoms with Gasteiger partial charge in [0.25, 0.3) is 0 Å². The first kappa shape index (κ1) is 24.4. The number of carbonyl (C=O) groups excluding carboxylic acids is 2. The van der Waals surface area contributed by atoms with Crippen LogP contribution in [0.2, 0.25) is 0 Å². The van der Waals surface area contributed by atoms with Crippen molar-refractivity contribution in [1.82, 2.24) is 30.4 Å². The predicted octanol–water partition coefficient (Wildman–Crippen LogP) is 3.50. The maximum atomic E-state index is 15.1. The number of halogens is 2. The quantitative estimate of drug-likeness (QED) is 0.193. The molecule has 2 saturated heterocycles. The predicted molar refractivity (Wildman–Crippen MR) is 141 cm³/mol. The van der Waals surface area contributed by atoms with Crippen molar-refractivity contribution in [3.8, 4) is 0 Å². The van der Waals surface area contributed by atoms with Gasteiger partial charge in [-0.2, -0.15) is 10.1 Å². The highest BCUT2D eigenvalue weighted by molar-refractivity contribution is 14.1. The van der Waals surface area contributed by atoms with E-state index in [0.29, 0.717) is 37.0 Å². The lowest BCUT2D eigenvalue weighted by Crippen LogP contribution is -2.57. The Morgan fingerprint density at radius 2 is 1.97 bits per heavy atom. The molecular formula is C24H26FIN8O2. The fourth-order valence-corrected chi connectivity index (χ4v) is 4.98. The molecule has 2 amide bonds. The molecule has 0 bridgehead atoms. The molecule has 4 N–H and O–H groups in total. The molecule has 0 aliphatic carbocycles. The minimum absolute atomic E-state index is 0.103. The van der Waals surface area contributed by atoms with E-state index in [2.05, 4.69) is 58.7 Å². The Morgan fingerprint density at radius 3 is 2.61 bits per heavy atom. The summed E-state index contributed by atoms with van der Waals surface area (Å²) >= 11 is 2.13. The van der Waals surface area contributed by atoms with Crippen molar-refractivity contribution in [3.63, 3.8) is 0 Å². The summed E-state index contributed by atoms with van der Waals surface area (Å²) in [5, 5.41) is 15.8. The van der Waals surface area contributed by atoms with Crippen LogP contribution in [-0.4, -0.2) is 56.5 Å². The summed E-state index contributed by atoms with van der Waals surface area (Å²) in [4.78, 5) is 34.6. The van der Waals surface area contributed by atoms with Crippen LogP contribution in [0, 0.1) is 29.2 Å². The van der Waals surface area contributed by atoms with Crippen molar-refractivity contribution < 1.29 is 14.0 Å². The SMILES string of the molecule is Cc1cc(Nc2nc(Nc3cc(C)c(C4CCN(C(=O)C5CNC5=O)CC4)cc3F)ncc2I)n[nH]1. The fourth-order valence-electron chi connectivity index (χ4n) is 4.59. The van der Waals surface area contributed by atoms with Gasteiger partial charge in [0.1, 0.15) is 11.7 Å². The number of nitrogens with zero attached hydrogens (tertiary/aromatic N) is 4. The highest BCUT2D eigenvalue weighted by Crippen LogP contribution is 2.34. The van der Waals surface area contributed by atoms with Gasteiger partial charge in [-0.05, 0) is 78.5 Å². The number of aromatic nitrogens is 4. The average Bonchev–Trinajstić information content (AvgIpc) is 3.26. The second-order valence-electron chi connectivity index (χ2n) is 9.16. The summed E-state index contributed by atoms with van der Waals surface area (Å²) in [7, 11) is 0. The molecule has 2 aromatic heterocycles. The number of aryl methyl sites for hydroxylation is 2. The summed E-state index contributed by atoms with van der Waals surface area (Å²) < 4.78 is 15.9. The minimum atomic E-state index is -0.548. The van der Waals surface area contributed by atoms with Gasteiger partial charge >= 0.3 is 0 Å². The maximum absolute atomic E-state index is 15.1. The number of carbonyl (C=O) groups is 2. The van der Waals surface area contributed by atoms with Crippen LogP contribution >= 0.6 is 22.6 Å². The lowest BCUT2D eigenvalue weighted by molar-refractivity contribution is -0.147. The molecule has 12 heteroatoms. The largest absolute Gasteiger partial charge is 0.354 e. The molecule has 1 atom stereocenters. The van der Waals surface area contributed by atoms with Crippen molar-refractivity contribution in [3.05, 3.63) is 50.6 Å². The number of nitrogens with one attached hydrogen (secondary N) is 4. The van der Waals surface area contributed by atoms with Gasteiger partial charge in [-0.25, -0.2) is 9.37 Å². The highest BCUT2D eigenvalue weighted by Gasteiger charge is 2.38. The number of piperidine rings is 1. The Labute approximate surface area is 221 Å². The molecule has 2 aliphatic rings. The van der Waals surface area contributed by atoms with E-state index in [4.69, 9.17) is 0 Å². The molecule has 4 heterocycles. The standard InChI is InChI=1S/C24H26FIN8O2/c1-12-7-19(29-24-28-11-18(26)21(31-24)30-20-8-13(2)32-33-20)17(25)9-15(12)14-3-5-34(6-4-14)23(36)16-10-27-22(16)35/h7-9,11,14,16H,3-6,10H2,1-2H3,(H,27,35)(H3,28,29,30,31,32,33). The third kappa shape index (κ3) is 4.99. The highest BCUT2D eigenvalue weighted by atomic mass is 127. The number of likely N-dealkylation sites (tertiary alicyclic amines) is 1. The van der Waals surface area contributed by atoms with Crippen LogP contribution in [0.1, 0.15) is 35.6 Å². The third-order valence-electron chi connectivity index (χ3n) is 6.64. The van der Waals surface area contributed by atoms with Crippen LogP contribution in [0.3, 0.4) is 0 Å². The van der Waals surface area contributed by atoms with Gasteiger partial charge in [-0.3, -0.25) is 14.7 Å². The van der Waals surface area contributed by atoms with Crippen LogP contribution in [0.25, 0.3) is 0 Å². The van der Waals surface area contributed by atoms with Gasteiger partial charge in [0.05, 0.1) is 9.26 Å². The summed E-state index contributed by atoms with van der Waals surface area (Å²) in [5.74, 6) is 0.374. The zero-order valence-electron chi connectivity index (χ0n) is 19.9. The Morgan fingerprint density at radius 1 is 1.19 bits per heavy atom. The number of hydrogen-bond donors (Lipinski definition) is 4. The summed E-state index contributed by atoms with van der Waals surface area (Å²) in [6.07, 6.45) is 3.11. The maximum Gasteiger partial charge on any atom is 0.236 e. The molecule has 10 nitrogen and oxygen atoms in total. The van der Waals surface area contributed by atoms with Gasteiger partial charge in [-0.1, -0.05) is 0 Å². The van der Waals surface area contributed by atoms with Gasteiger partial charge in [0, 0.05) is 37.6 Å². The van der Waals surface area contributed by atoms with E-state index in [0.717, 1.165) is 33.2 Å². The minimum Gasteiger partial charge on any atom is -0.354 e. The summed E-state index contributed by atoms with van der Waals surface area (Å²) in [5.41, 5.74) is 3.10. The molecule has 188 valence electrons. The van der Waals surface area contributed by atoms with E-state index >= 15 is 4.39 Å². The van der Waals surface area contributed by atoms with Crippen molar-refractivity contribution in [2.24, 2.45) is 5.92 Å². The molecule has 0 saturated carbocycles. The molecular weight excluding hydrogens is 578 g/mol. The molecule has 1 unspecified atom stereocenters. The summed E-state index contributed by atoms with van der Waals surface area (Å²) in [6.45, 7) is 5.41. The Balaban J connectivity index is 1.26. The van der Waals surface area contributed by atoms with E-state index < -0.39 is 5.92 Å². The zero-order valence-corrected chi connectivity index (χ0v) is 22.0. The van der Waals surface area contributed by atoms with E-state index in [9.17, 15) is 9.59 Å². The normalized spacial score (nSPS) is 17.9. The number of hydrogen-bond acceptors (Lipinski definition) is 7. The van der Waals surface area contributed by atoms with E-state index in [1.54, 1.807) is 23.2 Å². The van der Waals surface area contributed by atoms with Crippen LogP contribution in [0.15, 0.2) is 24.4 Å². The lowest BCUT2D eigenvalue weighted by atomic mass is 9.86. The number of amides is 2. The topological polar surface area (TPSA) is 128 Å². The number of β-lactam (4-membered cyclic amide) rings is 1. The van der Waals surface area contributed by atoms with Crippen molar-refractivity contribution in [2.75, 3.05) is 30.3 Å². The van der Waals surface area contributed by atoms with E-state index in [-0.39, 0.29) is 29.5 Å². The molecule has 36 heavy (non-hydrogen) atoms. The number of aromatic amines is 1. The first-order valence-electron chi connectivity index (χ1n) is 11.7. The van der Waals surface area contributed by atoms with Crippen LogP contribution in [-0.2, 0) is 9.59 Å². The van der Waals surface area contributed by atoms with Crippen LogP contribution in [0.4, 0.5) is 27.7 Å². The molecule has 0 spiro atoms. The smallest absolute Gasteiger partial charge is 0.236 e. The Bertz CT molecular complexity index is 1320. The van der Waals surface area contributed by atoms with Gasteiger partial charge in [0.15, 0.2) is 11.6 Å². The second-order valence-corrected chi connectivity index (χ2v) is 10.3. The van der Waals surface area contributed by atoms with Crippen molar-refractivity contribution in [2.45, 2.75) is 32.6 Å². The third-order valence-corrected chi connectivity index (χ3v) is 7.43. The lowest BCUT2D eigenvalue weighted by Gasteiger charge is -2.36. The first-order valence-corrected chi connectivity index (χ1v) is 12.8. The summed E-state index contributed by atoms with van der Waals surface area (Å²) in [6, 6.07) is 5.20. The Hall–Kier alpha value is -3.29. The van der Waals surface area contributed by atoms with Gasteiger partial charge in [0.2, 0.25) is 17.8 Å². The molecule has 2 aliphatic heterocycles. The second kappa shape index (κ2) is 9.99. The van der Waals surface area contributed by atoms with Crippen molar-refractivity contribution in [1.29, 1.82) is 0 Å². The molecule has 0 radical (unpaired) electrons. The molecule has 3 aromatic rings. The fraction of sp³-hybridized carbons (Fsp3) is 0.375. The molecule has 1 aromatic carbocycles. The number of H-pyrrole nitrogens is 1. The van der Waals surface area contributed by atoms with E-state index in [1.807, 2.05) is 19.9 Å². The first-order chi connectivity index (χ1) is 17.3. The van der Waals surface area contributed by atoms with Crippen LogP contribution < -0.4 is 16.0 Å². The van der Waals surface area contributed by atoms with Gasteiger partial charge < -0.3 is 20.9 Å². The molecule has 2 fully saturated rings. The average molecular weight is 604 g/mol. The zero-order chi connectivity index (χ0) is 25.4. The monoisotopic (exact) mass is 604 g/mol. The van der Waals surface area contributed by atoms with Gasteiger partial charge in [-0.15, -0.1) is 0 Å². The number of anilines is 4.